The van der Waals surface area contributed by atoms with Gasteiger partial charge >= 0.3 is 0 Å². The van der Waals surface area contributed by atoms with Crippen LogP contribution in [0.2, 0.25) is 0 Å². The van der Waals surface area contributed by atoms with Crippen LogP contribution < -0.4 is 4.90 Å². The normalized spacial score (nSPS) is 15.4. The lowest BCUT2D eigenvalue weighted by molar-refractivity contribution is 0.0746. The van der Waals surface area contributed by atoms with Gasteiger partial charge < -0.3 is 19.8 Å². The first-order valence-electron chi connectivity index (χ1n) is 9.31. The Balaban J connectivity index is 1.79. The van der Waals surface area contributed by atoms with Crippen molar-refractivity contribution in [3.8, 4) is 0 Å². The first-order chi connectivity index (χ1) is 12.8. The Hall–Kier alpha value is -2.38. The van der Waals surface area contributed by atoms with Gasteiger partial charge in [0.2, 0.25) is 0 Å². The van der Waals surface area contributed by atoms with Gasteiger partial charge in [0, 0.05) is 45.0 Å². The van der Waals surface area contributed by atoms with Gasteiger partial charge in [-0.05, 0) is 44.8 Å². The maximum Gasteiger partial charge on any atom is 0.254 e. The Kier molecular flexibility index (Phi) is 5.82. The first kappa shape index (κ1) is 19.4. The summed E-state index contributed by atoms with van der Waals surface area (Å²) in [5, 5.41) is 14.9. The second-order valence-corrected chi connectivity index (χ2v) is 7.59. The number of hydrogen-bond donors (Lipinski definition) is 1. The summed E-state index contributed by atoms with van der Waals surface area (Å²) in [6, 6.07) is 9.63. The molecule has 7 heteroatoms. The van der Waals surface area contributed by atoms with E-state index in [0.717, 1.165) is 24.3 Å². The zero-order valence-corrected chi connectivity index (χ0v) is 16.6. The molecule has 2 aromatic rings. The number of aliphatic hydroxyl groups is 1. The molecule has 1 amide bonds. The van der Waals surface area contributed by atoms with Crippen LogP contribution in [0.15, 0.2) is 30.3 Å². The number of fused-ring (bicyclic) bond motifs is 1. The van der Waals surface area contributed by atoms with Crippen molar-refractivity contribution in [3.63, 3.8) is 0 Å². The second-order valence-electron chi connectivity index (χ2n) is 7.59. The molecule has 3 rings (SSSR count). The van der Waals surface area contributed by atoms with Crippen molar-refractivity contribution < 1.29 is 9.90 Å². The van der Waals surface area contributed by atoms with Crippen molar-refractivity contribution in [1.29, 1.82) is 0 Å². The molecule has 1 aliphatic rings. The number of carbonyl (C=O) groups is 1. The van der Waals surface area contributed by atoms with Crippen LogP contribution in [-0.2, 0) is 13.1 Å². The average Bonchev–Trinajstić information content (AvgIpc) is 2.92. The molecule has 27 heavy (non-hydrogen) atoms. The molecular weight excluding hydrogens is 342 g/mol. The summed E-state index contributed by atoms with van der Waals surface area (Å²) >= 11 is 0. The second kappa shape index (κ2) is 8.10. The van der Waals surface area contributed by atoms with E-state index < -0.39 is 6.10 Å². The van der Waals surface area contributed by atoms with Gasteiger partial charge in [0.25, 0.3) is 5.91 Å². The van der Waals surface area contributed by atoms with Crippen molar-refractivity contribution in [1.82, 2.24) is 19.6 Å². The summed E-state index contributed by atoms with van der Waals surface area (Å²) in [5.74, 6) is 0.0312. The number of nitrogens with zero attached hydrogens (tertiary/aromatic N) is 5. The summed E-state index contributed by atoms with van der Waals surface area (Å²) in [6.45, 7) is 2.48. The summed E-state index contributed by atoms with van der Waals surface area (Å²) in [7, 11) is 7.78. The van der Waals surface area contributed by atoms with Crippen LogP contribution in [0.4, 0.5) is 5.69 Å². The highest BCUT2D eigenvalue weighted by Crippen LogP contribution is 2.21. The van der Waals surface area contributed by atoms with Gasteiger partial charge in [-0.3, -0.25) is 9.48 Å². The number of benzene rings is 1. The molecule has 7 nitrogen and oxygen atoms in total. The minimum Gasteiger partial charge on any atom is -0.385 e. The molecular formula is C20H29N5O2. The van der Waals surface area contributed by atoms with Crippen molar-refractivity contribution in [2.24, 2.45) is 0 Å². The fourth-order valence-electron chi connectivity index (χ4n) is 3.36. The van der Waals surface area contributed by atoms with Gasteiger partial charge in [0.15, 0.2) is 0 Å². The fraction of sp³-hybridized carbons (Fsp3) is 0.500. The standard InChI is InChI=1S/C20H29N5O2/c1-22(2)14-19(26)18-12-17-13-24(9-6-10-25(17)21-18)20(27)15-7-5-8-16(11-15)23(3)4/h5,7-8,11-12,19,26H,6,9-10,13-14H2,1-4H3. The molecule has 0 saturated heterocycles. The van der Waals surface area contributed by atoms with E-state index in [1.54, 1.807) is 0 Å². The van der Waals surface area contributed by atoms with Crippen LogP contribution in [0, 0.1) is 0 Å². The number of aliphatic hydroxyl groups excluding tert-OH is 1. The van der Waals surface area contributed by atoms with E-state index in [1.807, 2.05) is 77.9 Å². The quantitative estimate of drug-likeness (QED) is 0.865. The molecule has 0 fully saturated rings. The Morgan fingerprint density at radius 1 is 1.22 bits per heavy atom. The van der Waals surface area contributed by atoms with E-state index in [9.17, 15) is 9.90 Å². The first-order valence-corrected chi connectivity index (χ1v) is 9.31. The number of anilines is 1. The molecule has 1 N–H and O–H groups in total. The number of likely N-dealkylation sites (N-methyl/N-ethyl adjacent to an activating group) is 1. The monoisotopic (exact) mass is 371 g/mol. The molecule has 1 aromatic carbocycles. The van der Waals surface area contributed by atoms with Crippen LogP contribution in [0.3, 0.4) is 0 Å². The molecule has 2 heterocycles. The topological polar surface area (TPSA) is 64.8 Å². The largest absolute Gasteiger partial charge is 0.385 e. The number of amides is 1. The predicted octanol–water partition coefficient (Wildman–Crippen LogP) is 1.59. The van der Waals surface area contributed by atoms with Crippen LogP contribution >= 0.6 is 0 Å². The Bertz CT molecular complexity index is 799. The van der Waals surface area contributed by atoms with E-state index in [1.165, 1.54) is 0 Å². The molecule has 1 atom stereocenters. The Morgan fingerprint density at radius 3 is 2.70 bits per heavy atom. The molecule has 1 aliphatic heterocycles. The van der Waals surface area contributed by atoms with Crippen LogP contribution in [0.25, 0.3) is 0 Å². The van der Waals surface area contributed by atoms with Crippen molar-refractivity contribution in [3.05, 3.63) is 47.3 Å². The Morgan fingerprint density at radius 2 is 2.00 bits per heavy atom. The average molecular weight is 371 g/mol. The highest BCUT2D eigenvalue weighted by Gasteiger charge is 2.23. The molecule has 0 saturated carbocycles. The number of carbonyl (C=O) groups excluding carboxylic acids is 1. The van der Waals surface area contributed by atoms with Gasteiger partial charge in [0.05, 0.1) is 17.9 Å². The number of hydrogen-bond acceptors (Lipinski definition) is 5. The lowest BCUT2D eigenvalue weighted by Gasteiger charge is -2.21. The van der Waals surface area contributed by atoms with E-state index in [4.69, 9.17) is 0 Å². The third-order valence-corrected chi connectivity index (χ3v) is 4.81. The van der Waals surface area contributed by atoms with Gasteiger partial charge in [-0.25, -0.2) is 0 Å². The maximum absolute atomic E-state index is 13.0. The summed E-state index contributed by atoms with van der Waals surface area (Å²) in [5.41, 5.74) is 3.34. The third-order valence-electron chi connectivity index (χ3n) is 4.81. The van der Waals surface area contributed by atoms with E-state index in [0.29, 0.717) is 30.9 Å². The van der Waals surface area contributed by atoms with Crippen molar-refractivity contribution in [2.45, 2.75) is 25.6 Å². The highest BCUT2D eigenvalue weighted by molar-refractivity contribution is 5.95. The van der Waals surface area contributed by atoms with Crippen LogP contribution in [0.1, 0.15) is 34.3 Å². The van der Waals surface area contributed by atoms with Crippen LogP contribution in [-0.4, -0.2) is 71.9 Å². The SMILES string of the molecule is CN(C)CC(O)c1cc2n(n1)CCCN(C(=O)c1cccc(N(C)C)c1)C2. The van der Waals surface area contributed by atoms with Gasteiger partial charge in [-0.15, -0.1) is 0 Å². The summed E-state index contributed by atoms with van der Waals surface area (Å²) in [6.07, 6.45) is 0.220. The third kappa shape index (κ3) is 4.48. The smallest absolute Gasteiger partial charge is 0.254 e. The number of aryl methyl sites for hydroxylation is 1. The van der Waals surface area contributed by atoms with Gasteiger partial charge in [0.1, 0.15) is 6.10 Å². The minimum absolute atomic E-state index is 0.0312. The van der Waals surface area contributed by atoms with Crippen LogP contribution in [0.5, 0.6) is 0 Å². The molecule has 0 radical (unpaired) electrons. The zero-order valence-electron chi connectivity index (χ0n) is 16.6. The minimum atomic E-state index is -0.625. The number of aromatic nitrogens is 2. The van der Waals surface area contributed by atoms with Crippen molar-refractivity contribution >= 4 is 11.6 Å². The number of rotatable bonds is 5. The van der Waals surface area contributed by atoms with Crippen molar-refractivity contribution in [2.75, 3.05) is 46.2 Å². The van der Waals surface area contributed by atoms with E-state index in [2.05, 4.69) is 5.10 Å². The predicted molar refractivity (Wildman–Crippen MR) is 106 cm³/mol. The lowest BCUT2D eigenvalue weighted by Crippen LogP contribution is -2.30. The van der Waals surface area contributed by atoms with E-state index in [-0.39, 0.29) is 5.91 Å². The van der Waals surface area contributed by atoms with Gasteiger partial charge in [-0.2, -0.15) is 5.10 Å². The van der Waals surface area contributed by atoms with E-state index >= 15 is 0 Å². The molecule has 1 aromatic heterocycles. The summed E-state index contributed by atoms with van der Waals surface area (Å²) in [4.78, 5) is 18.8. The maximum atomic E-state index is 13.0. The molecule has 0 bridgehead atoms. The molecule has 146 valence electrons. The molecule has 0 spiro atoms. The summed E-state index contributed by atoms with van der Waals surface area (Å²) < 4.78 is 1.93. The lowest BCUT2D eigenvalue weighted by atomic mass is 10.1. The zero-order chi connectivity index (χ0) is 19.6. The highest BCUT2D eigenvalue weighted by atomic mass is 16.3. The Labute approximate surface area is 160 Å². The van der Waals surface area contributed by atoms with Gasteiger partial charge in [-0.1, -0.05) is 6.07 Å². The molecule has 1 unspecified atom stereocenters. The molecule has 0 aliphatic carbocycles. The fourth-order valence-corrected chi connectivity index (χ4v) is 3.36.